The van der Waals surface area contributed by atoms with Gasteiger partial charge in [-0.05, 0) is 54.3 Å². The molecule has 0 radical (unpaired) electrons. The summed E-state index contributed by atoms with van der Waals surface area (Å²) in [6.07, 6.45) is 1.38. The summed E-state index contributed by atoms with van der Waals surface area (Å²) in [5.41, 5.74) is 1.79. The Balaban J connectivity index is 1.32. The fourth-order valence-electron chi connectivity index (χ4n) is 3.35. The van der Waals surface area contributed by atoms with Gasteiger partial charge in [0.15, 0.2) is 11.5 Å². The maximum Gasteiger partial charge on any atom is 0.315 e. The first-order chi connectivity index (χ1) is 13.6. The lowest BCUT2D eigenvalue weighted by Gasteiger charge is -2.26. The molecular weight excluding hydrogens is 403 g/mol. The fourth-order valence-corrected chi connectivity index (χ4v) is 4.75. The van der Waals surface area contributed by atoms with E-state index in [1.165, 1.54) is 12.1 Å². The van der Waals surface area contributed by atoms with E-state index in [0.717, 1.165) is 28.2 Å². The number of halogens is 2. The molecule has 1 unspecified atom stereocenters. The molecule has 2 aromatic rings. The summed E-state index contributed by atoms with van der Waals surface area (Å²) in [7, 11) is 0. The second-order valence-corrected chi connectivity index (χ2v) is 8.17. The Kier molecular flexibility index (Phi) is 5.82. The van der Waals surface area contributed by atoms with Crippen LogP contribution in [0.3, 0.4) is 0 Å². The van der Waals surface area contributed by atoms with Crippen molar-refractivity contribution in [2.75, 3.05) is 25.5 Å². The molecule has 0 spiro atoms. The van der Waals surface area contributed by atoms with Crippen molar-refractivity contribution in [3.05, 3.63) is 52.3 Å². The van der Waals surface area contributed by atoms with Crippen LogP contribution >= 0.6 is 23.4 Å². The molecule has 4 rings (SSSR count). The van der Waals surface area contributed by atoms with Gasteiger partial charge in [0.05, 0.1) is 11.1 Å². The van der Waals surface area contributed by atoms with E-state index in [9.17, 15) is 9.18 Å². The molecule has 148 valence electrons. The van der Waals surface area contributed by atoms with Gasteiger partial charge in [-0.2, -0.15) is 0 Å². The molecule has 2 heterocycles. The first-order valence-electron chi connectivity index (χ1n) is 9.15. The quantitative estimate of drug-likeness (QED) is 0.770. The molecule has 0 fully saturated rings. The third-order valence-corrected chi connectivity index (χ3v) is 6.08. The highest BCUT2D eigenvalue weighted by molar-refractivity contribution is 7.99. The highest BCUT2D eigenvalue weighted by Gasteiger charge is 2.23. The number of rotatable bonds is 4. The summed E-state index contributed by atoms with van der Waals surface area (Å²) in [6, 6.07) is 7.98. The Morgan fingerprint density at radius 1 is 1.25 bits per heavy atom. The Morgan fingerprint density at radius 2 is 2.11 bits per heavy atom. The van der Waals surface area contributed by atoms with Crippen LogP contribution in [-0.4, -0.2) is 31.5 Å². The standard InChI is InChI=1S/C20H20ClFN2O3S/c21-15-9-12(10-17-19(15)27-7-6-26-17)3-5-23-20(25)24-16-4-8-28-18-2-1-13(22)11-14(16)18/h1-2,9-11,16H,3-8H2,(H2,23,24,25). The van der Waals surface area contributed by atoms with Gasteiger partial charge in [0.25, 0.3) is 0 Å². The zero-order valence-electron chi connectivity index (χ0n) is 15.1. The van der Waals surface area contributed by atoms with E-state index in [1.54, 1.807) is 17.8 Å². The number of nitrogens with one attached hydrogen (secondary N) is 2. The zero-order chi connectivity index (χ0) is 19.5. The van der Waals surface area contributed by atoms with E-state index in [0.29, 0.717) is 42.7 Å². The highest BCUT2D eigenvalue weighted by atomic mass is 35.5. The van der Waals surface area contributed by atoms with Crippen LogP contribution in [0.15, 0.2) is 35.2 Å². The summed E-state index contributed by atoms with van der Waals surface area (Å²) < 4.78 is 24.7. The van der Waals surface area contributed by atoms with E-state index >= 15 is 0 Å². The number of benzene rings is 2. The predicted molar refractivity (Wildman–Crippen MR) is 107 cm³/mol. The number of carbonyl (C=O) groups is 1. The van der Waals surface area contributed by atoms with Gasteiger partial charge in [-0.3, -0.25) is 0 Å². The Labute approximate surface area is 171 Å². The first kappa shape index (κ1) is 19.2. The Morgan fingerprint density at radius 3 is 3.00 bits per heavy atom. The van der Waals surface area contributed by atoms with Gasteiger partial charge in [-0.1, -0.05) is 11.6 Å². The largest absolute Gasteiger partial charge is 0.486 e. The lowest BCUT2D eigenvalue weighted by atomic mass is 10.0. The van der Waals surface area contributed by atoms with Crippen LogP contribution in [0.1, 0.15) is 23.6 Å². The van der Waals surface area contributed by atoms with Gasteiger partial charge in [0, 0.05) is 17.2 Å². The Hall–Kier alpha value is -2.12. The van der Waals surface area contributed by atoms with Gasteiger partial charge in [-0.15, -0.1) is 11.8 Å². The van der Waals surface area contributed by atoms with E-state index in [2.05, 4.69) is 10.6 Å². The van der Waals surface area contributed by atoms with Crippen LogP contribution in [0, 0.1) is 5.82 Å². The van der Waals surface area contributed by atoms with Crippen LogP contribution < -0.4 is 20.1 Å². The molecule has 0 aliphatic carbocycles. The molecule has 2 aliphatic rings. The van der Waals surface area contributed by atoms with Crippen molar-refractivity contribution < 1.29 is 18.7 Å². The fraction of sp³-hybridized carbons (Fsp3) is 0.350. The molecule has 1 atom stereocenters. The number of fused-ring (bicyclic) bond motifs is 2. The van der Waals surface area contributed by atoms with Crippen LogP contribution in [0.2, 0.25) is 5.02 Å². The lowest BCUT2D eigenvalue weighted by Crippen LogP contribution is -2.39. The van der Waals surface area contributed by atoms with E-state index < -0.39 is 0 Å². The van der Waals surface area contributed by atoms with E-state index in [-0.39, 0.29) is 17.9 Å². The van der Waals surface area contributed by atoms with Crippen molar-refractivity contribution >= 4 is 29.4 Å². The average Bonchev–Trinajstić information content (AvgIpc) is 2.68. The molecule has 8 heteroatoms. The SMILES string of the molecule is O=C(NCCc1cc(Cl)c2c(c1)OCCO2)NC1CCSc2ccc(F)cc21. The monoisotopic (exact) mass is 422 g/mol. The van der Waals surface area contributed by atoms with Crippen molar-refractivity contribution in [1.82, 2.24) is 10.6 Å². The minimum atomic E-state index is -0.288. The van der Waals surface area contributed by atoms with Crippen LogP contribution in [0.5, 0.6) is 11.5 Å². The van der Waals surface area contributed by atoms with Crippen LogP contribution in [0.25, 0.3) is 0 Å². The van der Waals surface area contributed by atoms with Crippen molar-refractivity contribution in [2.24, 2.45) is 0 Å². The van der Waals surface area contributed by atoms with Gasteiger partial charge in [-0.25, -0.2) is 9.18 Å². The average molecular weight is 423 g/mol. The second-order valence-electron chi connectivity index (χ2n) is 6.62. The molecule has 2 amide bonds. The minimum Gasteiger partial charge on any atom is -0.486 e. The van der Waals surface area contributed by atoms with Gasteiger partial charge in [0.1, 0.15) is 19.0 Å². The summed E-state index contributed by atoms with van der Waals surface area (Å²) in [5.74, 6) is 1.81. The van der Waals surface area contributed by atoms with Gasteiger partial charge < -0.3 is 20.1 Å². The van der Waals surface area contributed by atoms with Crippen LogP contribution in [0.4, 0.5) is 9.18 Å². The lowest BCUT2D eigenvalue weighted by molar-refractivity contribution is 0.171. The molecule has 2 aromatic carbocycles. The molecule has 0 saturated carbocycles. The maximum absolute atomic E-state index is 13.6. The molecule has 5 nitrogen and oxygen atoms in total. The van der Waals surface area contributed by atoms with E-state index in [1.807, 2.05) is 12.1 Å². The zero-order valence-corrected chi connectivity index (χ0v) is 16.7. The highest BCUT2D eigenvalue weighted by Crippen LogP contribution is 2.38. The van der Waals surface area contributed by atoms with Crippen molar-refractivity contribution in [3.8, 4) is 11.5 Å². The van der Waals surface area contributed by atoms with Crippen molar-refractivity contribution in [3.63, 3.8) is 0 Å². The number of ether oxygens (including phenoxy) is 2. The molecule has 0 saturated heterocycles. The normalized spacial score (nSPS) is 17.6. The molecular formula is C20H20ClFN2O3S. The number of hydrogen-bond acceptors (Lipinski definition) is 4. The number of urea groups is 1. The predicted octanol–water partition coefficient (Wildman–Crippen LogP) is 4.33. The summed E-state index contributed by atoms with van der Waals surface area (Å²) in [4.78, 5) is 13.3. The summed E-state index contributed by atoms with van der Waals surface area (Å²) >= 11 is 7.92. The number of thioether (sulfide) groups is 1. The summed E-state index contributed by atoms with van der Waals surface area (Å²) in [6.45, 7) is 1.43. The van der Waals surface area contributed by atoms with Gasteiger partial charge >= 0.3 is 6.03 Å². The topological polar surface area (TPSA) is 59.6 Å². The third kappa shape index (κ3) is 4.31. The molecule has 0 aromatic heterocycles. The first-order valence-corrected chi connectivity index (χ1v) is 10.5. The maximum atomic E-state index is 13.6. The van der Waals surface area contributed by atoms with E-state index in [4.69, 9.17) is 21.1 Å². The molecule has 0 bridgehead atoms. The smallest absolute Gasteiger partial charge is 0.315 e. The van der Waals surface area contributed by atoms with Crippen molar-refractivity contribution in [1.29, 1.82) is 0 Å². The summed E-state index contributed by atoms with van der Waals surface area (Å²) in [5, 5.41) is 6.32. The van der Waals surface area contributed by atoms with Gasteiger partial charge in [0.2, 0.25) is 0 Å². The minimum absolute atomic E-state index is 0.185. The number of hydrogen-bond donors (Lipinski definition) is 2. The molecule has 2 aliphatic heterocycles. The van der Waals surface area contributed by atoms with Crippen LogP contribution in [-0.2, 0) is 6.42 Å². The number of amides is 2. The second kappa shape index (κ2) is 8.49. The number of carbonyl (C=O) groups excluding carboxylic acids is 1. The molecule has 28 heavy (non-hydrogen) atoms. The molecule has 2 N–H and O–H groups in total. The third-order valence-electron chi connectivity index (χ3n) is 4.67. The van der Waals surface area contributed by atoms with Crippen molar-refractivity contribution in [2.45, 2.75) is 23.8 Å². The Bertz CT molecular complexity index is 896.